The van der Waals surface area contributed by atoms with Gasteiger partial charge in [0.1, 0.15) is 17.3 Å². The van der Waals surface area contributed by atoms with E-state index < -0.39 is 23.4 Å². The van der Waals surface area contributed by atoms with Gasteiger partial charge in [0, 0.05) is 19.5 Å². The molecular formula is C23H24F3NO3. The summed E-state index contributed by atoms with van der Waals surface area (Å²) in [5, 5.41) is 8.91. The summed E-state index contributed by atoms with van der Waals surface area (Å²) >= 11 is 0. The van der Waals surface area contributed by atoms with Crippen LogP contribution in [0.25, 0.3) is 11.1 Å². The molecule has 1 saturated carbocycles. The fourth-order valence-electron chi connectivity index (χ4n) is 4.08. The highest BCUT2D eigenvalue weighted by Gasteiger charge is 2.26. The Labute approximate surface area is 173 Å². The van der Waals surface area contributed by atoms with Gasteiger partial charge in [0.2, 0.25) is 0 Å². The molecule has 0 unspecified atom stereocenters. The first-order valence-electron chi connectivity index (χ1n) is 10.3. The molecule has 2 aliphatic rings. The average Bonchev–Trinajstić information content (AvgIpc) is 2.66. The number of carboxylic acids is 1. The van der Waals surface area contributed by atoms with E-state index in [0.717, 1.165) is 19.3 Å². The third-order valence-corrected chi connectivity index (χ3v) is 6.02. The molecule has 0 radical (unpaired) electrons. The number of carbonyl (C=O) groups is 1. The topological polar surface area (TPSA) is 49.8 Å². The van der Waals surface area contributed by atoms with Gasteiger partial charge in [-0.25, -0.2) is 13.2 Å². The Hall–Kier alpha value is -2.70. The summed E-state index contributed by atoms with van der Waals surface area (Å²) < 4.78 is 49.4. The van der Waals surface area contributed by atoms with Crippen molar-refractivity contribution < 1.29 is 27.8 Å². The van der Waals surface area contributed by atoms with Gasteiger partial charge in [0.15, 0.2) is 11.6 Å². The molecular weight excluding hydrogens is 395 g/mol. The molecule has 1 N–H and O–H groups in total. The normalized spacial score (nSPS) is 17.6. The molecule has 4 nitrogen and oxygen atoms in total. The highest BCUT2D eigenvalue weighted by atomic mass is 19.1. The largest absolute Gasteiger partial charge is 0.487 e. The highest BCUT2D eigenvalue weighted by Crippen LogP contribution is 2.35. The summed E-state index contributed by atoms with van der Waals surface area (Å²) in [4.78, 5) is 12.5. The lowest BCUT2D eigenvalue weighted by molar-refractivity contribution is -0.138. The Morgan fingerprint density at radius 3 is 2.20 bits per heavy atom. The van der Waals surface area contributed by atoms with E-state index in [1.165, 1.54) is 30.3 Å². The number of hydrogen-bond acceptors (Lipinski definition) is 3. The summed E-state index contributed by atoms with van der Waals surface area (Å²) in [6, 6.07) is 6.72. The average molecular weight is 419 g/mol. The smallest absolute Gasteiger partial charge is 0.303 e. The molecule has 2 fully saturated rings. The minimum atomic E-state index is -0.852. The van der Waals surface area contributed by atoms with Crippen molar-refractivity contribution in [1.82, 2.24) is 0 Å². The number of hydrogen-bond donors (Lipinski definition) is 1. The van der Waals surface area contributed by atoms with Crippen LogP contribution >= 0.6 is 0 Å². The van der Waals surface area contributed by atoms with E-state index in [1.807, 2.05) is 0 Å². The van der Waals surface area contributed by atoms with Gasteiger partial charge in [-0.15, -0.1) is 0 Å². The van der Waals surface area contributed by atoms with Gasteiger partial charge < -0.3 is 14.7 Å². The van der Waals surface area contributed by atoms with Crippen LogP contribution in [0, 0.1) is 23.4 Å². The highest BCUT2D eigenvalue weighted by molar-refractivity contribution is 5.69. The number of anilines is 1. The lowest BCUT2D eigenvalue weighted by Crippen LogP contribution is -2.35. The van der Waals surface area contributed by atoms with Crippen molar-refractivity contribution in [2.24, 2.45) is 5.92 Å². The molecule has 30 heavy (non-hydrogen) atoms. The van der Waals surface area contributed by atoms with Crippen molar-refractivity contribution in [3.8, 4) is 16.9 Å². The molecule has 1 saturated heterocycles. The fraction of sp³-hybridized carbons (Fsp3) is 0.435. The second kappa shape index (κ2) is 8.58. The van der Waals surface area contributed by atoms with Crippen molar-refractivity contribution in [2.75, 3.05) is 18.0 Å². The lowest BCUT2D eigenvalue weighted by Gasteiger charge is -2.33. The van der Waals surface area contributed by atoms with Gasteiger partial charge >= 0.3 is 5.97 Å². The van der Waals surface area contributed by atoms with Gasteiger partial charge in [0.25, 0.3) is 0 Å². The Morgan fingerprint density at radius 1 is 0.967 bits per heavy atom. The molecule has 1 aliphatic carbocycles. The van der Waals surface area contributed by atoms with Crippen molar-refractivity contribution in [1.29, 1.82) is 0 Å². The molecule has 7 heteroatoms. The van der Waals surface area contributed by atoms with Crippen LogP contribution in [-0.2, 0) is 4.79 Å². The number of aliphatic carboxylic acids is 1. The number of nitrogens with zero attached hydrogens (tertiary/aromatic N) is 1. The third-order valence-electron chi connectivity index (χ3n) is 6.02. The number of ether oxygens (including phenoxy) is 1. The summed E-state index contributed by atoms with van der Waals surface area (Å²) in [7, 11) is 0. The Morgan fingerprint density at radius 2 is 1.63 bits per heavy atom. The van der Waals surface area contributed by atoms with E-state index in [1.54, 1.807) is 4.90 Å². The van der Waals surface area contributed by atoms with E-state index in [-0.39, 0.29) is 29.9 Å². The zero-order valence-corrected chi connectivity index (χ0v) is 16.5. The maximum atomic E-state index is 14.9. The van der Waals surface area contributed by atoms with E-state index in [9.17, 15) is 18.0 Å². The standard InChI is InChI=1S/C23H24F3NO3/c24-18-5-4-15(13-21(18)30-17-2-1-3-17)16-11-19(25)23(20(26)12-16)27-8-6-14(7-9-27)10-22(28)29/h4-5,11-14,17H,1-3,6-10H2,(H,28,29). The van der Waals surface area contributed by atoms with Crippen LogP contribution in [0.2, 0.25) is 0 Å². The summed E-state index contributed by atoms with van der Waals surface area (Å²) in [5.74, 6) is -2.59. The molecule has 2 aromatic rings. The Kier molecular flexibility index (Phi) is 5.88. The molecule has 0 aromatic heterocycles. The van der Waals surface area contributed by atoms with Crippen LogP contribution in [-0.4, -0.2) is 30.3 Å². The molecule has 0 bridgehead atoms. The van der Waals surface area contributed by atoms with Gasteiger partial charge in [-0.05, 0) is 73.4 Å². The molecule has 0 atom stereocenters. The second-order valence-corrected chi connectivity index (χ2v) is 8.13. The van der Waals surface area contributed by atoms with Crippen LogP contribution in [0.4, 0.5) is 18.9 Å². The zero-order valence-electron chi connectivity index (χ0n) is 16.5. The van der Waals surface area contributed by atoms with Gasteiger partial charge in [-0.1, -0.05) is 6.07 Å². The third kappa shape index (κ3) is 4.40. The molecule has 4 rings (SSSR count). The number of benzene rings is 2. The predicted octanol–water partition coefficient (Wildman–Crippen LogP) is 5.39. The fourth-order valence-corrected chi connectivity index (χ4v) is 4.08. The van der Waals surface area contributed by atoms with Crippen molar-refractivity contribution in [3.05, 3.63) is 47.8 Å². The first-order valence-corrected chi connectivity index (χ1v) is 10.3. The van der Waals surface area contributed by atoms with Crippen molar-refractivity contribution >= 4 is 11.7 Å². The zero-order chi connectivity index (χ0) is 21.3. The van der Waals surface area contributed by atoms with Gasteiger partial charge in [0.05, 0.1) is 6.10 Å². The molecule has 1 aliphatic heterocycles. The number of halogens is 3. The molecule has 2 aromatic carbocycles. The van der Waals surface area contributed by atoms with E-state index >= 15 is 0 Å². The minimum absolute atomic E-state index is 0.00495. The van der Waals surface area contributed by atoms with Crippen LogP contribution < -0.4 is 9.64 Å². The van der Waals surface area contributed by atoms with Crippen molar-refractivity contribution in [3.63, 3.8) is 0 Å². The summed E-state index contributed by atoms with van der Waals surface area (Å²) in [5.41, 5.74) is 0.698. The summed E-state index contributed by atoms with van der Waals surface area (Å²) in [6.07, 6.45) is 4.04. The van der Waals surface area contributed by atoms with Crippen LogP contribution in [0.1, 0.15) is 38.5 Å². The first kappa shape index (κ1) is 20.6. The molecule has 0 spiro atoms. The SMILES string of the molecule is O=C(O)CC1CCN(c2c(F)cc(-c3ccc(F)c(OC4CCC4)c3)cc2F)CC1. The van der Waals surface area contributed by atoms with E-state index in [0.29, 0.717) is 37.1 Å². The monoisotopic (exact) mass is 419 g/mol. The van der Waals surface area contributed by atoms with Crippen molar-refractivity contribution in [2.45, 2.75) is 44.6 Å². The maximum Gasteiger partial charge on any atom is 0.303 e. The number of carboxylic acid groups (broad SMARTS) is 1. The second-order valence-electron chi connectivity index (χ2n) is 8.13. The van der Waals surface area contributed by atoms with Crippen LogP contribution in [0.5, 0.6) is 5.75 Å². The number of piperidine rings is 1. The maximum absolute atomic E-state index is 14.9. The minimum Gasteiger partial charge on any atom is -0.487 e. The number of rotatable bonds is 6. The van der Waals surface area contributed by atoms with Crippen LogP contribution in [0.3, 0.4) is 0 Å². The van der Waals surface area contributed by atoms with Gasteiger partial charge in [-0.2, -0.15) is 0 Å². The van der Waals surface area contributed by atoms with Crippen LogP contribution in [0.15, 0.2) is 30.3 Å². The molecule has 0 amide bonds. The van der Waals surface area contributed by atoms with Gasteiger partial charge in [-0.3, -0.25) is 4.79 Å². The molecule has 1 heterocycles. The Bertz CT molecular complexity index is 914. The lowest BCUT2D eigenvalue weighted by atomic mass is 9.93. The van der Waals surface area contributed by atoms with E-state index in [2.05, 4.69) is 0 Å². The summed E-state index contributed by atoms with van der Waals surface area (Å²) in [6.45, 7) is 0.808. The molecule has 160 valence electrons. The Balaban J connectivity index is 1.53. The predicted molar refractivity (Wildman–Crippen MR) is 107 cm³/mol. The first-order chi connectivity index (χ1) is 14.4. The van der Waals surface area contributed by atoms with E-state index in [4.69, 9.17) is 9.84 Å². The quantitative estimate of drug-likeness (QED) is 0.682.